The zero-order valence-electron chi connectivity index (χ0n) is 18.1. The second-order valence-corrected chi connectivity index (χ2v) is 7.91. The number of fused-ring (bicyclic) bond motifs is 1. The topological polar surface area (TPSA) is 112 Å². The first-order valence-corrected chi connectivity index (χ1v) is 11.1. The standard InChI is InChI=1S/C22H32N4O5/c1-2-31-20(28)14-25-12-13-26(19(15-27)21(25)29)22(30)23-11-5-7-17-10-9-16-6-3-4-8-18(16)24-17/h9-10,19,27H,2-8,11-15H2,1H3,(H,23,30)/t19-/m0/s1. The number of urea groups is 1. The van der Waals surface area contributed by atoms with Gasteiger partial charge in [-0.15, -0.1) is 0 Å². The molecular weight excluding hydrogens is 400 g/mol. The van der Waals surface area contributed by atoms with E-state index in [0.29, 0.717) is 6.54 Å². The highest BCUT2D eigenvalue weighted by Crippen LogP contribution is 2.20. The second-order valence-electron chi connectivity index (χ2n) is 7.91. The van der Waals surface area contributed by atoms with Crippen molar-refractivity contribution in [1.29, 1.82) is 0 Å². The predicted molar refractivity (Wildman–Crippen MR) is 113 cm³/mol. The van der Waals surface area contributed by atoms with E-state index in [2.05, 4.69) is 17.4 Å². The number of ether oxygens (including phenoxy) is 1. The number of esters is 1. The number of hydrogen-bond acceptors (Lipinski definition) is 6. The molecule has 2 N–H and O–H groups in total. The Morgan fingerprint density at radius 2 is 2.06 bits per heavy atom. The molecule has 9 heteroatoms. The van der Waals surface area contributed by atoms with E-state index in [-0.39, 0.29) is 32.3 Å². The second kappa shape index (κ2) is 11.1. The summed E-state index contributed by atoms with van der Waals surface area (Å²) in [5.74, 6) is -0.948. The van der Waals surface area contributed by atoms with Crippen LogP contribution in [0.15, 0.2) is 12.1 Å². The number of carbonyl (C=O) groups is 3. The van der Waals surface area contributed by atoms with Gasteiger partial charge < -0.3 is 25.0 Å². The van der Waals surface area contributed by atoms with Crippen molar-refractivity contribution in [3.8, 4) is 0 Å². The minimum absolute atomic E-state index is 0.174. The van der Waals surface area contributed by atoms with Crippen LogP contribution in [-0.2, 0) is 33.6 Å². The molecule has 1 aromatic heterocycles. The Morgan fingerprint density at radius 1 is 1.26 bits per heavy atom. The molecule has 1 atom stereocenters. The Bertz CT molecular complexity index is 800. The summed E-state index contributed by atoms with van der Waals surface area (Å²) in [6.45, 7) is 2.18. The Labute approximate surface area is 182 Å². The summed E-state index contributed by atoms with van der Waals surface area (Å²) in [4.78, 5) is 44.2. The Kier molecular flexibility index (Phi) is 8.22. The number of aliphatic hydroxyl groups is 1. The van der Waals surface area contributed by atoms with E-state index in [9.17, 15) is 19.5 Å². The summed E-state index contributed by atoms with van der Waals surface area (Å²) in [7, 11) is 0. The van der Waals surface area contributed by atoms with Gasteiger partial charge in [0.1, 0.15) is 12.6 Å². The van der Waals surface area contributed by atoms with Crippen molar-refractivity contribution >= 4 is 17.9 Å². The van der Waals surface area contributed by atoms with Crippen LogP contribution >= 0.6 is 0 Å². The van der Waals surface area contributed by atoms with Crippen LogP contribution in [0.5, 0.6) is 0 Å². The van der Waals surface area contributed by atoms with Gasteiger partial charge in [-0.25, -0.2) is 4.79 Å². The summed E-state index contributed by atoms with van der Waals surface area (Å²) in [6, 6.07) is 2.85. The molecule has 0 bridgehead atoms. The van der Waals surface area contributed by atoms with Crippen LogP contribution in [0.3, 0.4) is 0 Å². The largest absolute Gasteiger partial charge is 0.465 e. The number of carbonyl (C=O) groups excluding carboxylic acids is 3. The number of nitrogens with zero attached hydrogens (tertiary/aromatic N) is 3. The van der Waals surface area contributed by atoms with Gasteiger partial charge in [0.05, 0.1) is 13.2 Å². The third-order valence-electron chi connectivity index (χ3n) is 5.76. The van der Waals surface area contributed by atoms with Crippen molar-refractivity contribution in [2.45, 2.75) is 51.5 Å². The van der Waals surface area contributed by atoms with E-state index >= 15 is 0 Å². The van der Waals surface area contributed by atoms with Crippen LogP contribution in [0.2, 0.25) is 0 Å². The number of pyridine rings is 1. The molecule has 3 rings (SSSR count). The number of rotatable bonds is 8. The molecule has 1 saturated heterocycles. The van der Waals surface area contributed by atoms with Crippen molar-refractivity contribution in [1.82, 2.24) is 20.1 Å². The molecule has 1 aliphatic carbocycles. The highest BCUT2D eigenvalue weighted by Gasteiger charge is 2.37. The molecule has 31 heavy (non-hydrogen) atoms. The zero-order chi connectivity index (χ0) is 22.2. The van der Waals surface area contributed by atoms with Crippen LogP contribution < -0.4 is 5.32 Å². The lowest BCUT2D eigenvalue weighted by molar-refractivity contribution is -0.153. The van der Waals surface area contributed by atoms with Gasteiger partial charge in [-0.05, 0) is 57.1 Å². The van der Waals surface area contributed by atoms with Crippen LogP contribution in [0.1, 0.15) is 43.1 Å². The average Bonchev–Trinajstić information content (AvgIpc) is 2.77. The minimum Gasteiger partial charge on any atom is -0.465 e. The third kappa shape index (κ3) is 5.94. The molecule has 170 valence electrons. The lowest BCUT2D eigenvalue weighted by Crippen LogP contribution is -2.62. The molecule has 3 amide bonds. The fourth-order valence-electron chi connectivity index (χ4n) is 4.11. The molecule has 0 aromatic carbocycles. The molecule has 2 aliphatic rings. The smallest absolute Gasteiger partial charge is 0.325 e. The zero-order valence-corrected chi connectivity index (χ0v) is 18.1. The van der Waals surface area contributed by atoms with Crippen molar-refractivity contribution in [2.24, 2.45) is 0 Å². The van der Waals surface area contributed by atoms with Crippen molar-refractivity contribution in [3.63, 3.8) is 0 Å². The predicted octanol–water partition coefficient (Wildman–Crippen LogP) is 0.671. The first kappa shape index (κ1) is 23.0. The summed E-state index contributed by atoms with van der Waals surface area (Å²) in [5.41, 5.74) is 3.59. The van der Waals surface area contributed by atoms with Crippen molar-refractivity contribution < 1.29 is 24.2 Å². The first-order chi connectivity index (χ1) is 15.0. The van der Waals surface area contributed by atoms with E-state index in [0.717, 1.165) is 31.4 Å². The van der Waals surface area contributed by atoms with Gasteiger partial charge >= 0.3 is 12.0 Å². The number of aromatic nitrogens is 1. The van der Waals surface area contributed by atoms with Gasteiger partial charge in [0.2, 0.25) is 5.91 Å². The Morgan fingerprint density at radius 3 is 2.84 bits per heavy atom. The Hall–Kier alpha value is -2.68. The number of hydrogen-bond donors (Lipinski definition) is 2. The molecule has 0 unspecified atom stereocenters. The molecule has 1 aliphatic heterocycles. The SMILES string of the molecule is CCOC(=O)CN1CCN(C(=O)NCCCc2ccc3c(n2)CCCC3)[C@@H](CO)C1=O. The van der Waals surface area contributed by atoms with Crippen molar-refractivity contribution in [2.75, 3.05) is 39.4 Å². The highest BCUT2D eigenvalue weighted by molar-refractivity contribution is 5.90. The van der Waals surface area contributed by atoms with Gasteiger partial charge in [0.15, 0.2) is 0 Å². The van der Waals surface area contributed by atoms with Crippen LogP contribution in [0.4, 0.5) is 4.79 Å². The fraction of sp³-hybridized carbons (Fsp3) is 0.636. The van der Waals surface area contributed by atoms with E-state index in [1.165, 1.54) is 33.9 Å². The number of aliphatic hydroxyl groups excluding tert-OH is 1. The lowest BCUT2D eigenvalue weighted by Gasteiger charge is -2.39. The maximum atomic E-state index is 12.6. The van der Waals surface area contributed by atoms with E-state index < -0.39 is 24.5 Å². The monoisotopic (exact) mass is 432 g/mol. The van der Waals surface area contributed by atoms with Gasteiger partial charge in [0, 0.05) is 31.0 Å². The van der Waals surface area contributed by atoms with Crippen molar-refractivity contribution in [3.05, 3.63) is 29.1 Å². The summed E-state index contributed by atoms with van der Waals surface area (Å²) in [5, 5.41) is 12.5. The molecule has 9 nitrogen and oxygen atoms in total. The quantitative estimate of drug-likeness (QED) is 0.461. The number of amides is 3. The summed E-state index contributed by atoms with van der Waals surface area (Å²) >= 11 is 0. The average molecular weight is 433 g/mol. The van der Waals surface area contributed by atoms with Crippen LogP contribution in [-0.4, -0.2) is 83.2 Å². The van der Waals surface area contributed by atoms with Crippen LogP contribution in [0.25, 0.3) is 0 Å². The maximum Gasteiger partial charge on any atom is 0.325 e. The molecule has 0 radical (unpaired) electrons. The normalized spacial score (nSPS) is 18.5. The van der Waals surface area contributed by atoms with Gasteiger partial charge in [-0.3, -0.25) is 14.6 Å². The van der Waals surface area contributed by atoms with Gasteiger partial charge in [-0.2, -0.15) is 0 Å². The highest BCUT2D eigenvalue weighted by atomic mass is 16.5. The number of aryl methyl sites for hydroxylation is 3. The lowest BCUT2D eigenvalue weighted by atomic mass is 9.95. The third-order valence-corrected chi connectivity index (χ3v) is 5.76. The van der Waals surface area contributed by atoms with Gasteiger partial charge in [0.25, 0.3) is 0 Å². The molecular formula is C22H32N4O5. The van der Waals surface area contributed by atoms with E-state index in [1.807, 2.05) is 0 Å². The molecule has 0 spiro atoms. The van der Waals surface area contributed by atoms with E-state index in [1.54, 1.807) is 6.92 Å². The number of nitrogens with one attached hydrogen (secondary N) is 1. The molecule has 2 heterocycles. The summed E-state index contributed by atoms with van der Waals surface area (Å²) in [6.07, 6.45) is 6.07. The number of piperazine rings is 1. The Balaban J connectivity index is 1.45. The maximum absolute atomic E-state index is 12.6. The minimum atomic E-state index is -0.995. The van der Waals surface area contributed by atoms with E-state index in [4.69, 9.17) is 9.72 Å². The fourth-order valence-corrected chi connectivity index (χ4v) is 4.11. The molecule has 0 saturated carbocycles. The molecule has 1 aromatic rings. The first-order valence-electron chi connectivity index (χ1n) is 11.1. The molecule has 1 fully saturated rings. The summed E-state index contributed by atoms with van der Waals surface area (Å²) < 4.78 is 4.88. The van der Waals surface area contributed by atoms with Crippen LogP contribution in [0, 0.1) is 0 Å². The van der Waals surface area contributed by atoms with Gasteiger partial charge in [-0.1, -0.05) is 6.07 Å².